The van der Waals surface area contributed by atoms with Crippen LogP contribution in [0, 0.1) is 5.82 Å². The zero-order chi connectivity index (χ0) is 11.1. The molecule has 7 heteroatoms. The number of carboxylic acid groups (broad SMARTS) is 1. The van der Waals surface area contributed by atoms with E-state index in [0.717, 1.165) is 6.92 Å². The Labute approximate surface area is 117 Å². The van der Waals surface area contributed by atoms with Crippen LogP contribution in [0.25, 0.3) is 0 Å². The third-order valence-corrected chi connectivity index (χ3v) is 1.58. The quantitative estimate of drug-likeness (QED) is 0.548. The van der Waals surface area contributed by atoms with Gasteiger partial charge in [0.25, 0.3) is 0 Å². The van der Waals surface area contributed by atoms with Crippen LogP contribution in [-0.4, -0.2) is 18.1 Å². The van der Waals surface area contributed by atoms with Gasteiger partial charge in [0, 0.05) is 18.2 Å². The van der Waals surface area contributed by atoms with Gasteiger partial charge in [-0.15, -0.1) is 0 Å². The summed E-state index contributed by atoms with van der Waals surface area (Å²) < 4.78 is 17.6. The fourth-order valence-electron chi connectivity index (χ4n) is 0.508. The number of rotatable bonds is 1. The average Bonchev–Trinajstić information content (AvgIpc) is 2.09. The minimum absolute atomic E-state index is 0. The van der Waals surface area contributed by atoms with Crippen molar-refractivity contribution in [2.24, 2.45) is 0 Å². The number of methoxy groups -OCH3 is 1. The van der Waals surface area contributed by atoms with Gasteiger partial charge < -0.3 is 14.6 Å². The summed E-state index contributed by atoms with van der Waals surface area (Å²) in [5, 5.41) is 8.89. The van der Waals surface area contributed by atoms with E-state index in [1.165, 1.54) is 19.4 Å². The number of nitrogens with zero attached hydrogens (tertiary/aromatic N) is 1. The van der Waals surface area contributed by atoms with E-state index in [2.05, 4.69) is 25.7 Å². The summed E-state index contributed by atoms with van der Waals surface area (Å²) in [6, 6.07) is 1.21. The van der Waals surface area contributed by atoms with Crippen LogP contribution in [0.1, 0.15) is 6.92 Å². The second kappa shape index (κ2) is 9.08. The first-order valence-corrected chi connectivity index (χ1v) is 4.29. The number of pyridine rings is 1. The van der Waals surface area contributed by atoms with E-state index in [9.17, 15) is 4.39 Å². The number of halogens is 2. The van der Waals surface area contributed by atoms with Gasteiger partial charge in [0.2, 0.25) is 5.88 Å². The molecular weight excluding hydrogens is 280 g/mol. The normalized spacial score (nSPS) is 8.00. The van der Waals surface area contributed by atoms with Crippen LogP contribution in [0.5, 0.6) is 5.88 Å². The Morgan fingerprint density at radius 1 is 1.67 bits per heavy atom. The molecule has 0 aromatic carbocycles. The molecular formula is C8H8BrFNNaO3. The summed E-state index contributed by atoms with van der Waals surface area (Å²) in [7, 11) is 1.44. The van der Waals surface area contributed by atoms with E-state index in [0.29, 0.717) is 4.47 Å². The molecule has 0 N–H and O–H groups in total. The van der Waals surface area contributed by atoms with Gasteiger partial charge in [-0.05, 0) is 22.9 Å². The molecule has 0 aliphatic carbocycles. The molecule has 78 valence electrons. The number of carboxylic acids is 1. The first-order valence-electron chi connectivity index (χ1n) is 3.50. The maximum Gasteiger partial charge on any atom is 1.00 e. The van der Waals surface area contributed by atoms with Crippen LogP contribution < -0.4 is 39.4 Å². The standard InChI is InChI=1S/C6H5BrFNO.C2H4O2.Na/c1-10-6-2-5(8)4(7)3-9-6;1-2(3)4;/h2-3H,1H3;1H3,(H,3,4);/q;;+1/p-1. The summed E-state index contributed by atoms with van der Waals surface area (Å²) in [6.07, 6.45) is 1.36. The number of carbonyl (C=O) groups excluding carboxylic acids is 1. The number of carbonyl (C=O) groups is 1. The molecule has 15 heavy (non-hydrogen) atoms. The molecule has 0 radical (unpaired) electrons. The molecule has 0 saturated heterocycles. The number of hydrogen-bond acceptors (Lipinski definition) is 4. The summed E-state index contributed by atoms with van der Waals surface area (Å²) in [6.45, 7) is 0.972. The van der Waals surface area contributed by atoms with Gasteiger partial charge in [0.05, 0.1) is 11.6 Å². The summed E-state index contributed by atoms with van der Waals surface area (Å²) in [5.74, 6) is -1.17. The van der Waals surface area contributed by atoms with Crippen molar-refractivity contribution in [1.82, 2.24) is 4.98 Å². The van der Waals surface area contributed by atoms with Gasteiger partial charge in [-0.1, -0.05) is 0 Å². The monoisotopic (exact) mass is 287 g/mol. The third kappa shape index (κ3) is 8.80. The van der Waals surface area contributed by atoms with Crippen molar-refractivity contribution in [3.05, 3.63) is 22.6 Å². The van der Waals surface area contributed by atoms with Crippen molar-refractivity contribution in [3.63, 3.8) is 0 Å². The molecule has 0 aliphatic rings. The minimum Gasteiger partial charge on any atom is -0.550 e. The van der Waals surface area contributed by atoms with Crippen LogP contribution in [-0.2, 0) is 4.79 Å². The Hall–Kier alpha value is -0.170. The van der Waals surface area contributed by atoms with Gasteiger partial charge in [0.1, 0.15) is 5.82 Å². The zero-order valence-electron chi connectivity index (χ0n) is 8.58. The van der Waals surface area contributed by atoms with E-state index in [1.807, 2.05) is 0 Å². The minimum atomic E-state index is -1.08. The molecule has 0 saturated carbocycles. The van der Waals surface area contributed by atoms with Crippen molar-refractivity contribution in [3.8, 4) is 5.88 Å². The fourth-order valence-corrected chi connectivity index (χ4v) is 0.725. The summed E-state index contributed by atoms with van der Waals surface area (Å²) in [5.41, 5.74) is 0. The average molecular weight is 288 g/mol. The van der Waals surface area contributed by atoms with Crippen molar-refractivity contribution in [2.75, 3.05) is 7.11 Å². The molecule has 4 nitrogen and oxygen atoms in total. The molecule has 1 aromatic heterocycles. The van der Waals surface area contributed by atoms with Gasteiger partial charge in [-0.2, -0.15) is 0 Å². The number of aliphatic carboxylic acids is 1. The molecule has 1 aromatic rings. The maximum atomic E-state index is 12.6. The molecule has 0 unspecified atom stereocenters. The Balaban J connectivity index is 0. The Kier molecular flexibility index (Phi) is 10.4. The number of aromatic nitrogens is 1. The first-order chi connectivity index (χ1) is 6.47. The second-order valence-electron chi connectivity index (χ2n) is 2.13. The molecule has 0 amide bonds. The Morgan fingerprint density at radius 2 is 2.13 bits per heavy atom. The number of ether oxygens (including phenoxy) is 1. The summed E-state index contributed by atoms with van der Waals surface area (Å²) in [4.78, 5) is 12.6. The Bertz CT molecular complexity index is 321. The Morgan fingerprint density at radius 3 is 2.47 bits per heavy atom. The van der Waals surface area contributed by atoms with Gasteiger partial charge in [-0.25, -0.2) is 9.37 Å². The van der Waals surface area contributed by atoms with Crippen LogP contribution in [0.15, 0.2) is 16.7 Å². The largest absolute Gasteiger partial charge is 1.00 e. The predicted octanol–water partition coefficient (Wildman–Crippen LogP) is -2.25. The van der Waals surface area contributed by atoms with Crippen LogP contribution in [0.3, 0.4) is 0 Å². The molecule has 0 atom stereocenters. The first kappa shape index (κ1) is 17.2. The zero-order valence-corrected chi connectivity index (χ0v) is 12.2. The molecule has 0 aliphatic heterocycles. The molecule has 0 bridgehead atoms. The molecule has 1 rings (SSSR count). The topological polar surface area (TPSA) is 62.2 Å². The van der Waals surface area contributed by atoms with Crippen molar-refractivity contribution >= 4 is 21.9 Å². The SMILES string of the molecule is CC(=O)[O-].COc1cc(F)c(Br)cn1.[Na+]. The predicted molar refractivity (Wildman–Crippen MR) is 49.1 cm³/mol. The smallest absolute Gasteiger partial charge is 0.550 e. The third-order valence-electron chi connectivity index (χ3n) is 0.993. The summed E-state index contributed by atoms with van der Waals surface area (Å²) >= 11 is 2.97. The maximum absolute atomic E-state index is 12.6. The second-order valence-corrected chi connectivity index (χ2v) is 2.99. The van der Waals surface area contributed by atoms with E-state index in [1.54, 1.807) is 0 Å². The van der Waals surface area contributed by atoms with Crippen LogP contribution in [0.4, 0.5) is 4.39 Å². The van der Waals surface area contributed by atoms with Gasteiger partial charge in [0.15, 0.2) is 0 Å². The fraction of sp³-hybridized carbons (Fsp3) is 0.250. The van der Waals surface area contributed by atoms with E-state index >= 15 is 0 Å². The van der Waals surface area contributed by atoms with E-state index in [-0.39, 0.29) is 41.3 Å². The van der Waals surface area contributed by atoms with E-state index in [4.69, 9.17) is 9.90 Å². The van der Waals surface area contributed by atoms with Crippen molar-refractivity contribution in [1.29, 1.82) is 0 Å². The van der Waals surface area contributed by atoms with Crippen LogP contribution in [0.2, 0.25) is 0 Å². The van der Waals surface area contributed by atoms with Crippen LogP contribution >= 0.6 is 15.9 Å². The molecule has 0 spiro atoms. The number of hydrogen-bond donors (Lipinski definition) is 0. The molecule has 1 heterocycles. The van der Waals surface area contributed by atoms with Gasteiger partial charge >= 0.3 is 29.6 Å². The van der Waals surface area contributed by atoms with Crippen molar-refractivity contribution < 1.29 is 48.6 Å². The molecule has 0 fully saturated rings. The van der Waals surface area contributed by atoms with E-state index < -0.39 is 5.97 Å². The van der Waals surface area contributed by atoms with Gasteiger partial charge in [-0.3, -0.25) is 0 Å². The van der Waals surface area contributed by atoms with Crippen molar-refractivity contribution in [2.45, 2.75) is 6.92 Å².